The number of hydrogen-bond donors (Lipinski definition) is 1. The zero-order chi connectivity index (χ0) is 18.9. The predicted octanol–water partition coefficient (Wildman–Crippen LogP) is 2.81. The molecule has 26 heavy (non-hydrogen) atoms. The van der Waals surface area contributed by atoms with E-state index >= 15 is 0 Å². The molecule has 0 aliphatic rings. The van der Waals surface area contributed by atoms with Gasteiger partial charge in [0.05, 0.1) is 30.9 Å². The van der Waals surface area contributed by atoms with Gasteiger partial charge >= 0.3 is 5.97 Å². The largest absolute Gasteiger partial charge is 0.467 e. The third kappa shape index (κ3) is 5.11. The topological polar surface area (TPSA) is 95.6 Å². The Kier molecular flexibility index (Phi) is 6.80. The third-order valence-electron chi connectivity index (χ3n) is 3.75. The molecule has 1 heterocycles. The molecule has 0 radical (unpaired) electrons. The first-order valence-corrected chi connectivity index (χ1v) is 8.21. The van der Waals surface area contributed by atoms with E-state index in [0.29, 0.717) is 24.3 Å². The van der Waals surface area contributed by atoms with Gasteiger partial charge in [-0.1, -0.05) is 12.1 Å². The smallest absolute Gasteiger partial charge is 0.341 e. The summed E-state index contributed by atoms with van der Waals surface area (Å²) < 4.78 is 10.6. The van der Waals surface area contributed by atoms with Gasteiger partial charge in [0.25, 0.3) is 5.91 Å². The van der Waals surface area contributed by atoms with E-state index in [1.807, 2.05) is 12.1 Å². The summed E-state index contributed by atoms with van der Waals surface area (Å²) in [5.74, 6) is -0.215. The Morgan fingerprint density at radius 3 is 2.77 bits per heavy atom. The van der Waals surface area contributed by atoms with E-state index in [1.165, 1.54) is 11.8 Å². The van der Waals surface area contributed by atoms with E-state index in [4.69, 9.17) is 14.4 Å². The average molecular weight is 355 g/mol. The molecule has 0 unspecified atom stereocenters. The molecule has 0 spiro atoms. The van der Waals surface area contributed by atoms with Crippen LogP contribution in [0.1, 0.15) is 29.5 Å². The number of likely N-dealkylation sites (N-methyl/N-ethyl adjacent to an activating group) is 1. The molecule has 2 rings (SSSR count). The second-order valence-electron chi connectivity index (χ2n) is 5.69. The van der Waals surface area contributed by atoms with Gasteiger partial charge in [0.15, 0.2) is 6.10 Å². The summed E-state index contributed by atoms with van der Waals surface area (Å²) in [6.45, 7) is 2.23. The molecule has 0 fully saturated rings. The van der Waals surface area contributed by atoms with E-state index in [2.05, 4.69) is 5.32 Å². The molecular formula is C19H21N3O4. The number of para-hydroxylation sites is 1. The first-order chi connectivity index (χ1) is 12.5. The van der Waals surface area contributed by atoms with E-state index in [0.717, 1.165) is 5.76 Å². The number of rotatable bonds is 8. The molecule has 0 aliphatic heterocycles. The fourth-order valence-corrected chi connectivity index (χ4v) is 2.32. The summed E-state index contributed by atoms with van der Waals surface area (Å²) in [7, 11) is 1.57. The molecule has 0 saturated carbocycles. The number of esters is 1. The van der Waals surface area contributed by atoms with Gasteiger partial charge in [0.2, 0.25) is 0 Å². The highest BCUT2D eigenvalue weighted by Crippen LogP contribution is 2.18. The summed E-state index contributed by atoms with van der Waals surface area (Å²) in [6.07, 6.45) is 0.861. The van der Waals surface area contributed by atoms with Crippen LogP contribution in [0.3, 0.4) is 0 Å². The lowest BCUT2D eigenvalue weighted by atomic mass is 10.1. The van der Waals surface area contributed by atoms with E-state index in [9.17, 15) is 9.59 Å². The van der Waals surface area contributed by atoms with Crippen molar-refractivity contribution in [3.05, 3.63) is 54.0 Å². The van der Waals surface area contributed by atoms with Crippen molar-refractivity contribution in [1.29, 1.82) is 5.26 Å². The maximum Gasteiger partial charge on any atom is 0.341 e. The fourth-order valence-electron chi connectivity index (χ4n) is 2.32. The molecular weight excluding hydrogens is 334 g/mol. The summed E-state index contributed by atoms with van der Waals surface area (Å²) in [6, 6.07) is 12.5. The number of ether oxygens (including phenoxy) is 1. The summed E-state index contributed by atoms with van der Waals surface area (Å²) >= 11 is 0. The SMILES string of the molecule is C[C@@H](OC(=O)c1ccccc1NCc1ccco1)C(=O)N(C)CCC#N. The monoisotopic (exact) mass is 355 g/mol. The quantitative estimate of drug-likeness (QED) is 0.732. The van der Waals surface area contributed by atoms with Gasteiger partial charge in [-0.25, -0.2) is 4.79 Å². The molecule has 7 heteroatoms. The lowest BCUT2D eigenvalue weighted by molar-refractivity contribution is -0.138. The number of anilines is 1. The van der Waals surface area contributed by atoms with Crippen LogP contribution in [0.2, 0.25) is 0 Å². The van der Waals surface area contributed by atoms with Crippen LogP contribution in [-0.2, 0) is 16.1 Å². The molecule has 1 aromatic carbocycles. The van der Waals surface area contributed by atoms with Crippen LogP contribution in [0.25, 0.3) is 0 Å². The van der Waals surface area contributed by atoms with Crippen molar-refractivity contribution in [3.63, 3.8) is 0 Å². The number of nitrogens with zero attached hydrogens (tertiary/aromatic N) is 2. The van der Waals surface area contributed by atoms with E-state index < -0.39 is 12.1 Å². The Bertz CT molecular complexity index is 780. The summed E-state index contributed by atoms with van der Waals surface area (Å²) in [5.41, 5.74) is 0.921. The van der Waals surface area contributed by atoms with Crippen LogP contribution >= 0.6 is 0 Å². The van der Waals surface area contributed by atoms with Crippen molar-refractivity contribution < 1.29 is 18.7 Å². The second-order valence-corrected chi connectivity index (χ2v) is 5.69. The molecule has 1 N–H and O–H groups in total. The molecule has 0 saturated heterocycles. The first kappa shape index (κ1) is 19.1. The molecule has 136 valence electrons. The number of carbonyl (C=O) groups is 2. The number of hydrogen-bond acceptors (Lipinski definition) is 6. The minimum absolute atomic E-state index is 0.225. The van der Waals surface area contributed by atoms with Gasteiger partial charge in [0, 0.05) is 19.3 Å². The normalized spacial score (nSPS) is 11.3. The van der Waals surface area contributed by atoms with Gasteiger partial charge in [-0.15, -0.1) is 0 Å². The van der Waals surface area contributed by atoms with Crippen LogP contribution in [0, 0.1) is 11.3 Å². The first-order valence-electron chi connectivity index (χ1n) is 8.21. The van der Waals surface area contributed by atoms with Crippen molar-refractivity contribution in [1.82, 2.24) is 4.90 Å². The molecule has 1 amide bonds. The van der Waals surface area contributed by atoms with Crippen LogP contribution in [0.15, 0.2) is 47.1 Å². The average Bonchev–Trinajstić information content (AvgIpc) is 3.17. The van der Waals surface area contributed by atoms with E-state index in [1.54, 1.807) is 43.6 Å². The van der Waals surface area contributed by atoms with E-state index in [-0.39, 0.29) is 12.3 Å². The van der Waals surface area contributed by atoms with Crippen LogP contribution in [0.5, 0.6) is 0 Å². The van der Waals surface area contributed by atoms with Gasteiger partial charge in [-0.3, -0.25) is 4.79 Å². The van der Waals surface area contributed by atoms with Crippen molar-refractivity contribution in [2.75, 3.05) is 18.9 Å². The lowest BCUT2D eigenvalue weighted by Crippen LogP contribution is -2.38. The third-order valence-corrected chi connectivity index (χ3v) is 3.75. The zero-order valence-corrected chi connectivity index (χ0v) is 14.8. The number of benzene rings is 1. The predicted molar refractivity (Wildman–Crippen MR) is 95.2 cm³/mol. The van der Waals surface area contributed by atoms with Crippen LogP contribution in [0.4, 0.5) is 5.69 Å². The van der Waals surface area contributed by atoms with Crippen molar-refractivity contribution in [2.24, 2.45) is 0 Å². The fraction of sp³-hybridized carbons (Fsp3) is 0.316. The number of nitriles is 1. The Labute approximate surface area is 152 Å². The van der Waals surface area contributed by atoms with Crippen molar-refractivity contribution in [3.8, 4) is 6.07 Å². The zero-order valence-electron chi connectivity index (χ0n) is 14.8. The molecule has 2 aromatic rings. The van der Waals surface area contributed by atoms with Gasteiger partial charge in [-0.05, 0) is 31.2 Å². The Balaban J connectivity index is 2.00. The highest BCUT2D eigenvalue weighted by Gasteiger charge is 2.23. The van der Waals surface area contributed by atoms with Crippen LogP contribution < -0.4 is 5.32 Å². The Morgan fingerprint density at radius 1 is 1.31 bits per heavy atom. The minimum atomic E-state index is -0.940. The van der Waals surface area contributed by atoms with Crippen LogP contribution in [-0.4, -0.2) is 36.5 Å². The summed E-state index contributed by atoms with van der Waals surface area (Å²) in [5, 5.41) is 11.7. The van der Waals surface area contributed by atoms with Gasteiger partial charge < -0.3 is 19.4 Å². The molecule has 0 aliphatic carbocycles. The number of amides is 1. The molecule has 0 bridgehead atoms. The van der Waals surface area contributed by atoms with Gasteiger partial charge in [0.1, 0.15) is 5.76 Å². The van der Waals surface area contributed by atoms with Crippen molar-refractivity contribution in [2.45, 2.75) is 26.0 Å². The molecule has 1 aromatic heterocycles. The molecule has 7 nitrogen and oxygen atoms in total. The standard InChI is InChI=1S/C19H21N3O4/c1-14(18(23)22(2)11-6-10-20)26-19(24)16-8-3-4-9-17(16)21-13-15-7-5-12-25-15/h3-5,7-9,12,14,21H,6,11,13H2,1-2H3/t14-/m1/s1. The number of furan rings is 1. The second kappa shape index (κ2) is 9.28. The Morgan fingerprint density at radius 2 is 2.08 bits per heavy atom. The molecule has 1 atom stereocenters. The van der Waals surface area contributed by atoms with Crippen molar-refractivity contribution >= 4 is 17.6 Å². The number of carbonyl (C=O) groups excluding carboxylic acids is 2. The summed E-state index contributed by atoms with van der Waals surface area (Å²) in [4.78, 5) is 26.0. The highest BCUT2D eigenvalue weighted by atomic mass is 16.5. The maximum atomic E-state index is 12.5. The van der Waals surface area contributed by atoms with Gasteiger partial charge in [-0.2, -0.15) is 5.26 Å². The minimum Gasteiger partial charge on any atom is -0.467 e. The Hall–Kier alpha value is -3.27. The lowest BCUT2D eigenvalue weighted by Gasteiger charge is -2.21. The number of nitrogens with one attached hydrogen (secondary N) is 1. The highest BCUT2D eigenvalue weighted by molar-refractivity contribution is 5.97. The maximum absolute atomic E-state index is 12.5.